The minimum Gasteiger partial charge on any atom is -0.294 e. The molecular weight excluding hydrogens is 158 g/mol. The largest absolute Gasteiger partial charge is 0.294 e. The lowest BCUT2D eigenvalue weighted by Crippen LogP contribution is -1.89. The Morgan fingerprint density at radius 1 is 1.55 bits per heavy atom. The van der Waals surface area contributed by atoms with Crippen LogP contribution in [-0.2, 0) is 0 Å². The summed E-state index contributed by atoms with van der Waals surface area (Å²) in [4.78, 5) is 15.4. The van der Waals surface area contributed by atoms with Gasteiger partial charge in [-0.15, -0.1) is 11.3 Å². The van der Waals surface area contributed by atoms with Crippen LogP contribution in [0.1, 0.15) is 36.1 Å². The normalized spacial score (nSPS) is 8.36. The van der Waals surface area contributed by atoms with Crippen LogP contribution in [-0.4, -0.2) is 10.8 Å². The monoisotopic (exact) mass is 171 g/mol. The Morgan fingerprint density at radius 3 is 2.27 bits per heavy atom. The summed E-state index contributed by atoms with van der Waals surface area (Å²) in [7, 11) is 0. The molecule has 0 aromatic carbocycles. The summed E-state index contributed by atoms with van der Waals surface area (Å²) in [6.45, 7) is 7.40. The molecule has 1 aromatic heterocycles. The van der Waals surface area contributed by atoms with Crippen LogP contribution in [0.2, 0.25) is 0 Å². The third-order valence-electron chi connectivity index (χ3n) is 1.07. The van der Waals surface area contributed by atoms with Gasteiger partial charge in [-0.25, -0.2) is 4.98 Å². The van der Waals surface area contributed by atoms with Crippen molar-refractivity contribution >= 4 is 17.1 Å². The van der Waals surface area contributed by atoms with Crippen LogP contribution in [0, 0.1) is 6.92 Å². The van der Waals surface area contributed by atoms with Crippen LogP contribution in [0.5, 0.6) is 0 Å². The lowest BCUT2D eigenvalue weighted by Gasteiger charge is -1.85. The van der Waals surface area contributed by atoms with Crippen molar-refractivity contribution in [1.82, 2.24) is 4.98 Å². The van der Waals surface area contributed by atoms with E-state index in [-0.39, 0.29) is 5.78 Å². The van der Waals surface area contributed by atoms with E-state index < -0.39 is 0 Å². The Hall–Kier alpha value is -0.700. The van der Waals surface area contributed by atoms with Gasteiger partial charge in [0.2, 0.25) is 0 Å². The molecule has 0 unspecified atom stereocenters. The highest BCUT2D eigenvalue weighted by Gasteiger charge is 2.04. The van der Waals surface area contributed by atoms with Crippen molar-refractivity contribution in [2.45, 2.75) is 27.7 Å². The molecule has 0 radical (unpaired) electrons. The first-order valence-electron chi connectivity index (χ1n) is 3.63. The van der Waals surface area contributed by atoms with Crippen molar-refractivity contribution in [2.75, 3.05) is 0 Å². The van der Waals surface area contributed by atoms with Gasteiger partial charge in [-0.05, 0) is 6.92 Å². The van der Waals surface area contributed by atoms with Crippen LogP contribution in [0.4, 0.5) is 0 Å². The summed E-state index contributed by atoms with van der Waals surface area (Å²) in [6, 6.07) is 0. The van der Waals surface area contributed by atoms with Crippen molar-refractivity contribution in [3.05, 3.63) is 16.1 Å². The zero-order valence-corrected chi connectivity index (χ0v) is 8.16. The summed E-state index contributed by atoms with van der Waals surface area (Å²) in [5.74, 6) is 0.106. The van der Waals surface area contributed by atoms with E-state index >= 15 is 0 Å². The Labute approximate surface area is 71.3 Å². The van der Waals surface area contributed by atoms with Crippen molar-refractivity contribution < 1.29 is 4.79 Å². The third kappa shape index (κ3) is 2.80. The molecule has 0 fully saturated rings. The van der Waals surface area contributed by atoms with Gasteiger partial charge in [0, 0.05) is 6.92 Å². The van der Waals surface area contributed by atoms with Crippen LogP contribution in [0.15, 0.2) is 5.51 Å². The Morgan fingerprint density at radius 2 is 2.09 bits per heavy atom. The quantitative estimate of drug-likeness (QED) is 0.608. The van der Waals surface area contributed by atoms with Gasteiger partial charge in [0.25, 0.3) is 0 Å². The molecule has 0 aliphatic rings. The fraction of sp³-hybridized carbons (Fsp3) is 0.500. The molecule has 0 amide bonds. The molecule has 0 saturated carbocycles. The number of aromatic nitrogens is 1. The molecule has 0 aliphatic carbocycles. The highest BCUT2D eigenvalue weighted by Crippen LogP contribution is 2.11. The van der Waals surface area contributed by atoms with Crippen molar-refractivity contribution in [1.29, 1.82) is 0 Å². The minimum absolute atomic E-state index is 0.106. The number of thiazole rings is 1. The van der Waals surface area contributed by atoms with Crippen molar-refractivity contribution in [3.63, 3.8) is 0 Å². The van der Waals surface area contributed by atoms with E-state index in [1.165, 1.54) is 11.3 Å². The van der Waals surface area contributed by atoms with E-state index in [1.807, 2.05) is 20.8 Å². The lowest BCUT2D eigenvalue weighted by atomic mass is 10.3. The fourth-order valence-electron chi connectivity index (χ4n) is 0.640. The fourth-order valence-corrected chi connectivity index (χ4v) is 1.35. The predicted octanol–water partition coefficient (Wildman–Crippen LogP) is 2.68. The summed E-state index contributed by atoms with van der Waals surface area (Å²) in [5.41, 5.74) is 2.53. The van der Waals surface area contributed by atoms with Crippen LogP contribution >= 0.6 is 11.3 Å². The van der Waals surface area contributed by atoms with E-state index in [1.54, 1.807) is 12.4 Å². The van der Waals surface area contributed by atoms with Crippen molar-refractivity contribution in [3.8, 4) is 0 Å². The first-order chi connectivity index (χ1) is 5.22. The first-order valence-corrected chi connectivity index (χ1v) is 4.51. The van der Waals surface area contributed by atoms with Gasteiger partial charge in [0.1, 0.15) is 0 Å². The average molecular weight is 171 g/mol. The van der Waals surface area contributed by atoms with Gasteiger partial charge in [-0.3, -0.25) is 4.79 Å². The molecule has 3 heteroatoms. The molecule has 62 valence electrons. The number of nitrogens with zero attached hydrogens (tertiary/aromatic N) is 1. The third-order valence-corrected chi connectivity index (χ3v) is 2.09. The second-order valence-corrected chi connectivity index (χ2v) is 2.68. The Bertz CT molecular complexity index is 230. The summed E-state index contributed by atoms with van der Waals surface area (Å²) in [5, 5.41) is 0. The maximum Gasteiger partial charge on any atom is 0.171 e. The molecule has 1 rings (SSSR count). The Balaban J connectivity index is 0.000000461. The molecular formula is C8H13NOS. The second kappa shape index (κ2) is 5.02. The Kier molecular flexibility index (Phi) is 4.70. The second-order valence-electron chi connectivity index (χ2n) is 1.82. The molecule has 0 saturated heterocycles. The molecule has 1 heterocycles. The van der Waals surface area contributed by atoms with Gasteiger partial charge in [-0.2, -0.15) is 0 Å². The highest BCUT2D eigenvalue weighted by molar-refractivity contribution is 7.11. The minimum atomic E-state index is 0.106. The number of hydrogen-bond acceptors (Lipinski definition) is 3. The van der Waals surface area contributed by atoms with Gasteiger partial charge in [-0.1, -0.05) is 13.8 Å². The first kappa shape index (κ1) is 10.3. The average Bonchev–Trinajstić information content (AvgIpc) is 2.39. The molecule has 0 bridgehead atoms. The summed E-state index contributed by atoms with van der Waals surface area (Å²) >= 11 is 1.40. The number of carbonyl (C=O) groups is 1. The number of rotatable bonds is 1. The molecule has 0 atom stereocenters. The number of ketones is 1. The summed E-state index contributed by atoms with van der Waals surface area (Å²) in [6.07, 6.45) is 0. The number of carbonyl (C=O) groups excluding carboxylic acids is 1. The zero-order valence-electron chi connectivity index (χ0n) is 7.34. The molecule has 0 N–H and O–H groups in total. The number of aryl methyl sites for hydroxylation is 1. The van der Waals surface area contributed by atoms with Gasteiger partial charge < -0.3 is 0 Å². The van der Waals surface area contributed by atoms with Crippen molar-refractivity contribution in [2.24, 2.45) is 0 Å². The van der Waals surface area contributed by atoms with Crippen LogP contribution < -0.4 is 0 Å². The number of hydrogen-bond donors (Lipinski definition) is 0. The van der Waals surface area contributed by atoms with E-state index in [4.69, 9.17) is 0 Å². The van der Waals surface area contributed by atoms with E-state index in [0.717, 1.165) is 10.6 Å². The molecule has 2 nitrogen and oxygen atoms in total. The highest BCUT2D eigenvalue weighted by atomic mass is 32.1. The van der Waals surface area contributed by atoms with Crippen LogP contribution in [0.3, 0.4) is 0 Å². The SMILES string of the molecule is CC.CC(=O)c1scnc1C. The summed E-state index contributed by atoms with van der Waals surface area (Å²) < 4.78 is 0. The molecule has 0 aliphatic heterocycles. The van der Waals surface area contributed by atoms with Crippen LogP contribution in [0.25, 0.3) is 0 Å². The van der Waals surface area contributed by atoms with E-state index in [0.29, 0.717) is 0 Å². The topological polar surface area (TPSA) is 30.0 Å². The number of Topliss-reactive ketones (excluding diaryl/α,β-unsaturated/α-hetero) is 1. The maximum atomic E-state index is 10.7. The predicted molar refractivity (Wildman–Crippen MR) is 48.2 cm³/mol. The smallest absolute Gasteiger partial charge is 0.171 e. The molecule has 1 aromatic rings. The molecule has 0 spiro atoms. The zero-order chi connectivity index (χ0) is 8.85. The van der Waals surface area contributed by atoms with Gasteiger partial charge >= 0.3 is 0 Å². The molecule has 11 heavy (non-hydrogen) atoms. The lowest BCUT2D eigenvalue weighted by molar-refractivity contribution is 0.102. The standard InChI is InChI=1S/C6H7NOS.C2H6/c1-4-6(5(2)8)9-3-7-4;1-2/h3H,1-2H3;1-2H3. The maximum absolute atomic E-state index is 10.7. The van der Waals surface area contributed by atoms with E-state index in [9.17, 15) is 4.79 Å². The van der Waals surface area contributed by atoms with Gasteiger partial charge in [0.15, 0.2) is 5.78 Å². The van der Waals surface area contributed by atoms with Gasteiger partial charge in [0.05, 0.1) is 16.1 Å². The van der Waals surface area contributed by atoms with E-state index in [2.05, 4.69) is 4.98 Å².